The largest absolute Gasteiger partial charge is 0.367 e. The summed E-state index contributed by atoms with van der Waals surface area (Å²) in [5, 5.41) is 0. The van der Waals surface area contributed by atoms with Gasteiger partial charge in [0.05, 0.1) is 18.1 Å². The lowest BCUT2D eigenvalue weighted by Crippen LogP contribution is -2.56. The highest BCUT2D eigenvalue weighted by Crippen LogP contribution is 2.21. The maximum absolute atomic E-state index is 12.5. The van der Waals surface area contributed by atoms with E-state index in [2.05, 4.69) is 0 Å². The molecule has 1 aliphatic rings. The van der Waals surface area contributed by atoms with Crippen molar-refractivity contribution in [3.63, 3.8) is 0 Å². The molecule has 1 fully saturated rings. The number of rotatable bonds is 3. The first-order valence-corrected chi connectivity index (χ1v) is 7.11. The summed E-state index contributed by atoms with van der Waals surface area (Å²) >= 11 is 0. The smallest absolute Gasteiger partial charge is 0.227 e. The number of ether oxygens (including phenoxy) is 1. The van der Waals surface area contributed by atoms with Gasteiger partial charge < -0.3 is 15.4 Å². The molecule has 2 rings (SSSR count). The van der Waals surface area contributed by atoms with Crippen LogP contribution in [0.2, 0.25) is 0 Å². The molecule has 0 saturated carbocycles. The lowest BCUT2D eigenvalue weighted by atomic mass is 10.0. The second kappa shape index (κ2) is 5.94. The van der Waals surface area contributed by atoms with E-state index in [0.717, 1.165) is 11.1 Å². The second-order valence-corrected chi connectivity index (χ2v) is 6.11. The second-order valence-electron chi connectivity index (χ2n) is 6.11. The molecule has 0 bridgehead atoms. The molecule has 1 amide bonds. The van der Waals surface area contributed by atoms with Gasteiger partial charge in [-0.05, 0) is 31.9 Å². The van der Waals surface area contributed by atoms with Crippen molar-refractivity contribution in [2.24, 2.45) is 5.73 Å². The Morgan fingerprint density at radius 1 is 1.45 bits per heavy atom. The Morgan fingerprint density at radius 3 is 2.80 bits per heavy atom. The molecule has 1 aromatic rings. The maximum Gasteiger partial charge on any atom is 0.227 e. The van der Waals surface area contributed by atoms with Crippen molar-refractivity contribution in [1.29, 1.82) is 0 Å². The van der Waals surface area contributed by atoms with Crippen LogP contribution in [-0.2, 0) is 16.0 Å². The average molecular weight is 276 g/mol. The Hall–Kier alpha value is -1.39. The Balaban J connectivity index is 2.07. The van der Waals surface area contributed by atoms with Crippen LogP contribution in [0.25, 0.3) is 0 Å². The van der Waals surface area contributed by atoms with Gasteiger partial charge >= 0.3 is 0 Å². The van der Waals surface area contributed by atoms with E-state index in [-0.39, 0.29) is 17.6 Å². The summed E-state index contributed by atoms with van der Waals surface area (Å²) in [6.07, 6.45) is 0.375. The number of aryl methyl sites for hydroxylation is 1. The normalized spacial score (nSPS) is 21.8. The van der Waals surface area contributed by atoms with Crippen molar-refractivity contribution >= 4 is 5.91 Å². The van der Waals surface area contributed by atoms with E-state index in [0.29, 0.717) is 26.1 Å². The van der Waals surface area contributed by atoms with Gasteiger partial charge in [0.1, 0.15) is 0 Å². The molecule has 1 unspecified atom stereocenters. The van der Waals surface area contributed by atoms with E-state index in [9.17, 15) is 4.79 Å². The fourth-order valence-corrected chi connectivity index (χ4v) is 2.69. The molecule has 0 aromatic heterocycles. The van der Waals surface area contributed by atoms with Crippen molar-refractivity contribution in [3.05, 3.63) is 35.4 Å². The Bertz CT molecular complexity index is 485. The zero-order valence-corrected chi connectivity index (χ0v) is 12.6. The minimum atomic E-state index is -0.330. The number of hydrogen-bond donors (Lipinski definition) is 1. The fraction of sp³-hybridized carbons (Fsp3) is 0.562. The standard InChI is InChI=1S/C16H24N2O2/c1-12-6-4-5-7-13(12)8-15(19)18-10-14(9-17)20-16(2,3)11-18/h4-7,14H,8-11,17H2,1-3H3. The molecular weight excluding hydrogens is 252 g/mol. The molecule has 0 spiro atoms. The van der Waals surface area contributed by atoms with Gasteiger partial charge in [-0.2, -0.15) is 0 Å². The SMILES string of the molecule is Cc1ccccc1CC(=O)N1CC(CN)OC(C)(C)C1. The van der Waals surface area contributed by atoms with E-state index in [4.69, 9.17) is 10.5 Å². The molecule has 1 aliphatic heterocycles. The van der Waals surface area contributed by atoms with Crippen molar-refractivity contribution in [2.45, 2.75) is 38.9 Å². The van der Waals surface area contributed by atoms with Crippen LogP contribution < -0.4 is 5.73 Å². The third-order valence-corrected chi connectivity index (χ3v) is 3.70. The van der Waals surface area contributed by atoms with E-state index in [1.165, 1.54) is 0 Å². The van der Waals surface area contributed by atoms with Crippen molar-refractivity contribution < 1.29 is 9.53 Å². The highest BCUT2D eigenvalue weighted by Gasteiger charge is 2.34. The maximum atomic E-state index is 12.5. The van der Waals surface area contributed by atoms with Gasteiger partial charge in [0.15, 0.2) is 0 Å². The third-order valence-electron chi connectivity index (χ3n) is 3.70. The average Bonchev–Trinajstić information content (AvgIpc) is 2.39. The Morgan fingerprint density at radius 2 is 2.15 bits per heavy atom. The number of carbonyl (C=O) groups excluding carboxylic acids is 1. The molecule has 1 saturated heterocycles. The molecule has 1 aromatic carbocycles. The van der Waals surface area contributed by atoms with E-state index < -0.39 is 0 Å². The highest BCUT2D eigenvalue weighted by atomic mass is 16.5. The molecule has 4 nitrogen and oxygen atoms in total. The number of carbonyl (C=O) groups is 1. The predicted octanol–water partition coefficient (Wildman–Crippen LogP) is 1.50. The predicted molar refractivity (Wildman–Crippen MR) is 79.5 cm³/mol. The lowest BCUT2D eigenvalue weighted by molar-refractivity contribution is -0.158. The zero-order chi connectivity index (χ0) is 14.8. The van der Waals surface area contributed by atoms with Crippen LogP contribution >= 0.6 is 0 Å². The van der Waals surface area contributed by atoms with Crippen LogP contribution in [0.15, 0.2) is 24.3 Å². The molecular formula is C16H24N2O2. The quantitative estimate of drug-likeness (QED) is 0.910. The molecule has 1 atom stereocenters. The topological polar surface area (TPSA) is 55.6 Å². The summed E-state index contributed by atoms with van der Waals surface area (Å²) in [5.41, 5.74) is 7.62. The van der Waals surface area contributed by atoms with Gasteiger partial charge in [-0.1, -0.05) is 24.3 Å². The van der Waals surface area contributed by atoms with Gasteiger partial charge in [0.25, 0.3) is 0 Å². The van der Waals surface area contributed by atoms with Gasteiger partial charge in [-0.15, -0.1) is 0 Å². The van der Waals surface area contributed by atoms with Gasteiger partial charge in [0, 0.05) is 19.6 Å². The van der Waals surface area contributed by atoms with Crippen LogP contribution in [0.3, 0.4) is 0 Å². The highest BCUT2D eigenvalue weighted by molar-refractivity contribution is 5.79. The van der Waals surface area contributed by atoms with Crippen LogP contribution in [0.5, 0.6) is 0 Å². The van der Waals surface area contributed by atoms with E-state index in [1.54, 1.807) is 0 Å². The summed E-state index contributed by atoms with van der Waals surface area (Å²) < 4.78 is 5.86. The van der Waals surface area contributed by atoms with Crippen LogP contribution in [0.4, 0.5) is 0 Å². The van der Waals surface area contributed by atoms with E-state index in [1.807, 2.05) is 49.9 Å². The molecule has 20 heavy (non-hydrogen) atoms. The number of nitrogens with two attached hydrogens (primary N) is 1. The molecule has 4 heteroatoms. The monoisotopic (exact) mass is 276 g/mol. The van der Waals surface area contributed by atoms with Crippen LogP contribution in [0, 0.1) is 6.92 Å². The first kappa shape index (κ1) is 15.0. The number of benzene rings is 1. The van der Waals surface area contributed by atoms with E-state index >= 15 is 0 Å². The summed E-state index contributed by atoms with van der Waals surface area (Å²) in [6, 6.07) is 8.01. The van der Waals surface area contributed by atoms with Gasteiger partial charge in [-0.3, -0.25) is 4.79 Å². The Labute approximate surface area is 120 Å². The first-order valence-electron chi connectivity index (χ1n) is 7.11. The Kier molecular flexibility index (Phi) is 4.45. The minimum absolute atomic E-state index is 0.0698. The number of hydrogen-bond acceptors (Lipinski definition) is 3. The summed E-state index contributed by atoms with van der Waals surface area (Å²) in [5.74, 6) is 0.147. The van der Waals surface area contributed by atoms with Crippen molar-refractivity contribution in [1.82, 2.24) is 4.90 Å². The van der Waals surface area contributed by atoms with Crippen molar-refractivity contribution in [2.75, 3.05) is 19.6 Å². The molecule has 1 heterocycles. The summed E-state index contributed by atoms with van der Waals surface area (Å²) in [7, 11) is 0. The molecule has 0 aliphatic carbocycles. The number of morpholine rings is 1. The van der Waals surface area contributed by atoms with Gasteiger partial charge in [0.2, 0.25) is 5.91 Å². The minimum Gasteiger partial charge on any atom is -0.367 e. The van der Waals surface area contributed by atoms with Crippen LogP contribution in [0.1, 0.15) is 25.0 Å². The molecule has 0 radical (unpaired) electrons. The number of nitrogens with zero attached hydrogens (tertiary/aromatic N) is 1. The molecule has 110 valence electrons. The zero-order valence-electron chi connectivity index (χ0n) is 12.6. The lowest BCUT2D eigenvalue weighted by Gasteiger charge is -2.42. The summed E-state index contributed by atoms with van der Waals surface area (Å²) in [4.78, 5) is 14.4. The first-order chi connectivity index (χ1) is 9.41. The van der Waals surface area contributed by atoms with Crippen LogP contribution in [-0.4, -0.2) is 42.1 Å². The van der Waals surface area contributed by atoms with Gasteiger partial charge in [-0.25, -0.2) is 0 Å². The fourth-order valence-electron chi connectivity index (χ4n) is 2.69. The number of amides is 1. The molecule has 2 N–H and O–H groups in total. The van der Waals surface area contributed by atoms with Crippen molar-refractivity contribution in [3.8, 4) is 0 Å². The third kappa shape index (κ3) is 3.58. The summed E-state index contributed by atoms with van der Waals surface area (Å²) in [6.45, 7) is 7.69.